The van der Waals surface area contributed by atoms with Crippen LogP contribution in [-0.4, -0.2) is 34.4 Å². The SMILES string of the molecule is Cc1ccc(C(F)(F)C(=O)CCc2ccc3c(c2)CN(C2CCC(=O)NC2=O)C3=O)cc1Cl. The number of nitrogens with zero attached hydrogens (tertiary/aromatic N) is 1. The number of halogens is 3. The first-order valence-electron chi connectivity index (χ1n) is 10.5. The van der Waals surface area contributed by atoms with Gasteiger partial charge in [-0.2, -0.15) is 8.78 Å². The van der Waals surface area contributed by atoms with Gasteiger partial charge in [-0.25, -0.2) is 0 Å². The number of alkyl halides is 2. The molecule has 33 heavy (non-hydrogen) atoms. The van der Waals surface area contributed by atoms with Gasteiger partial charge in [0.25, 0.3) is 5.91 Å². The second-order valence-corrected chi connectivity index (χ2v) is 8.76. The molecule has 0 saturated carbocycles. The molecule has 172 valence electrons. The van der Waals surface area contributed by atoms with Gasteiger partial charge in [0, 0.05) is 35.5 Å². The summed E-state index contributed by atoms with van der Waals surface area (Å²) in [7, 11) is 0. The molecule has 4 rings (SSSR count). The minimum atomic E-state index is -3.66. The highest BCUT2D eigenvalue weighted by atomic mass is 35.5. The van der Waals surface area contributed by atoms with Crippen molar-refractivity contribution in [2.45, 2.75) is 51.1 Å². The number of rotatable bonds is 6. The van der Waals surface area contributed by atoms with Crippen molar-refractivity contribution in [3.05, 3.63) is 69.2 Å². The molecule has 2 aliphatic rings. The number of hydrogen-bond donors (Lipinski definition) is 1. The molecule has 1 fully saturated rings. The van der Waals surface area contributed by atoms with Crippen molar-refractivity contribution in [2.75, 3.05) is 0 Å². The van der Waals surface area contributed by atoms with Crippen LogP contribution in [0.1, 0.15) is 51.9 Å². The fourth-order valence-electron chi connectivity index (χ4n) is 4.15. The maximum atomic E-state index is 14.6. The molecule has 2 aromatic carbocycles. The molecule has 2 heterocycles. The number of Topliss-reactive ketones (excluding diaryl/α,β-unsaturated/α-hetero) is 1. The van der Waals surface area contributed by atoms with Gasteiger partial charge in [0.2, 0.25) is 17.6 Å². The lowest BCUT2D eigenvalue weighted by Crippen LogP contribution is -2.52. The molecule has 0 radical (unpaired) electrons. The van der Waals surface area contributed by atoms with Crippen molar-refractivity contribution in [1.82, 2.24) is 10.2 Å². The van der Waals surface area contributed by atoms with Crippen LogP contribution < -0.4 is 5.32 Å². The van der Waals surface area contributed by atoms with E-state index < -0.39 is 29.2 Å². The molecule has 0 aromatic heterocycles. The second kappa shape index (κ2) is 8.67. The van der Waals surface area contributed by atoms with E-state index in [0.29, 0.717) is 22.3 Å². The van der Waals surface area contributed by atoms with E-state index in [0.717, 1.165) is 6.07 Å². The number of benzene rings is 2. The molecular formula is C24H21ClF2N2O4. The smallest absolute Gasteiger partial charge is 0.322 e. The Labute approximate surface area is 193 Å². The summed E-state index contributed by atoms with van der Waals surface area (Å²) in [5.74, 6) is -6.06. The molecule has 1 atom stereocenters. The highest BCUT2D eigenvalue weighted by molar-refractivity contribution is 6.31. The minimum absolute atomic E-state index is 0.0773. The van der Waals surface area contributed by atoms with E-state index in [-0.39, 0.29) is 49.1 Å². The number of hydrogen-bond acceptors (Lipinski definition) is 4. The molecular weight excluding hydrogens is 454 g/mol. The highest BCUT2D eigenvalue weighted by Gasteiger charge is 2.41. The third kappa shape index (κ3) is 4.39. The number of carbonyl (C=O) groups excluding carboxylic acids is 4. The summed E-state index contributed by atoms with van der Waals surface area (Å²) in [6, 6.07) is 7.94. The third-order valence-corrected chi connectivity index (χ3v) is 6.52. The van der Waals surface area contributed by atoms with Gasteiger partial charge < -0.3 is 4.90 Å². The van der Waals surface area contributed by atoms with E-state index in [1.54, 1.807) is 25.1 Å². The zero-order valence-electron chi connectivity index (χ0n) is 17.8. The van der Waals surface area contributed by atoms with Gasteiger partial charge in [-0.05, 0) is 48.6 Å². The first-order valence-corrected chi connectivity index (χ1v) is 10.9. The summed E-state index contributed by atoms with van der Waals surface area (Å²) in [5.41, 5.74) is 1.92. The minimum Gasteiger partial charge on any atom is -0.322 e. The molecule has 2 aromatic rings. The van der Waals surface area contributed by atoms with Gasteiger partial charge >= 0.3 is 5.92 Å². The Morgan fingerprint density at radius 1 is 1.18 bits per heavy atom. The molecule has 0 aliphatic carbocycles. The average Bonchev–Trinajstić information content (AvgIpc) is 3.09. The van der Waals surface area contributed by atoms with Crippen LogP contribution in [-0.2, 0) is 33.3 Å². The number of ketones is 1. The summed E-state index contributed by atoms with van der Waals surface area (Å²) in [6.45, 7) is 1.87. The topological polar surface area (TPSA) is 83.6 Å². The number of nitrogens with one attached hydrogen (secondary N) is 1. The number of piperidine rings is 1. The van der Waals surface area contributed by atoms with Crippen molar-refractivity contribution in [1.29, 1.82) is 0 Å². The Hall–Kier alpha value is -3.13. The summed E-state index contributed by atoms with van der Waals surface area (Å²) in [4.78, 5) is 50.0. The number of fused-ring (bicyclic) bond motifs is 1. The third-order valence-electron chi connectivity index (χ3n) is 6.11. The van der Waals surface area contributed by atoms with Crippen molar-refractivity contribution < 1.29 is 28.0 Å². The van der Waals surface area contributed by atoms with Gasteiger partial charge in [0.15, 0.2) is 0 Å². The van der Waals surface area contributed by atoms with Crippen molar-refractivity contribution in [3.8, 4) is 0 Å². The van der Waals surface area contributed by atoms with Crippen LogP contribution in [0.2, 0.25) is 5.02 Å². The Kier molecular flexibility index (Phi) is 6.05. The van der Waals surface area contributed by atoms with E-state index in [2.05, 4.69) is 5.32 Å². The van der Waals surface area contributed by atoms with E-state index in [1.165, 1.54) is 17.0 Å². The van der Waals surface area contributed by atoms with Crippen LogP contribution in [0.4, 0.5) is 8.78 Å². The zero-order valence-corrected chi connectivity index (χ0v) is 18.5. The molecule has 0 bridgehead atoms. The fourth-order valence-corrected chi connectivity index (χ4v) is 4.33. The average molecular weight is 475 g/mol. The van der Waals surface area contributed by atoms with Crippen molar-refractivity contribution >= 4 is 35.1 Å². The number of carbonyl (C=O) groups is 4. The normalized spacial score (nSPS) is 18.4. The Balaban J connectivity index is 1.44. The standard InChI is InChI=1S/C24H21ClF2N2O4/c1-13-2-5-16(11-18(13)25)24(26,27)20(30)8-4-14-3-6-17-15(10-14)12-29(23(17)33)19-7-9-21(31)28-22(19)32/h2-3,5-6,10-11,19H,4,7-9,12H2,1H3,(H,28,31,32). The number of amides is 3. The summed E-state index contributed by atoms with van der Waals surface area (Å²) in [5, 5.41) is 2.41. The van der Waals surface area contributed by atoms with Gasteiger partial charge in [-0.1, -0.05) is 35.9 Å². The Morgan fingerprint density at radius 2 is 1.94 bits per heavy atom. The molecule has 1 N–H and O–H groups in total. The summed E-state index contributed by atoms with van der Waals surface area (Å²) < 4.78 is 29.3. The van der Waals surface area contributed by atoms with Gasteiger partial charge in [-0.15, -0.1) is 0 Å². The fraction of sp³-hybridized carbons (Fsp3) is 0.333. The monoisotopic (exact) mass is 474 g/mol. The first kappa shape index (κ1) is 23.0. The molecule has 6 nitrogen and oxygen atoms in total. The van der Waals surface area contributed by atoms with Gasteiger partial charge in [0.1, 0.15) is 6.04 Å². The van der Waals surface area contributed by atoms with Crippen molar-refractivity contribution in [3.63, 3.8) is 0 Å². The Morgan fingerprint density at radius 3 is 2.64 bits per heavy atom. The number of imide groups is 1. The maximum Gasteiger partial charge on any atom is 0.330 e. The molecule has 1 saturated heterocycles. The van der Waals surface area contributed by atoms with Crippen LogP contribution in [0, 0.1) is 6.92 Å². The molecule has 9 heteroatoms. The summed E-state index contributed by atoms with van der Waals surface area (Å²) >= 11 is 5.93. The first-order chi connectivity index (χ1) is 15.6. The quantitative estimate of drug-likeness (QED) is 0.647. The predicted octanol–water partition coefficient (Wildman–Crippen LogP) is 3.70. The molecule has 3 amide bonds. The lowest BCUT2D eigenvalue weighted by atomic mass is 9.97. The van der Waals surface area contributed by atoms with E-state index in [9.17, 15) is 28.0 Å². The largest absolute Gasteiger partial charge is 0.330 e. The highest BCUT2D eigenvalue weighted by Crippen LogP contribution is 2.34. The van der Waals surface area contributed by atoms with Gasteiger partial charge in [0.05, 0.1) is 0 Å². The maximum absolute atomic E-state index is 14.6. The zero-order chi connectivity index (χ0) is 23.9. The summed E-state index contributed by atoms with van der Waals surface area (Å²) in [6.07, 6.45) is 0.101. The number of aryl methyl sites for hydroxylation is 2. The van der Waals surface area contributed by atoms with E-state index in [1.807, 2.05) is 0 Å². The Bertz CT molecular complexity index is 1180. The van der Waals surface area contributed by atoms with Gasteiger partial charge in [-0.3, -0.25) is 24.5 Å². The molecule has 0 spiro atoms. The lowest BCUT2D eigenvalue weighted by Gasteiger charge is -2.29. The lowest BCUT2D eigenvalue weighted by molar-refractivity contribution is -0.144. The second-order valence-electron chi connectivity index (χ2n) is 8.35. The van der Waals surface area contributed by atoms with E-state index >= 15 is 0 Å². The predicted molar refractivity (Wildman–Crippen MR) is 116 cm³/mol. The van der Waals surface area contributed by atoms with Crippen LogP contribution in [0.25, 0.3) is 0 Å². The van der Waals surface area contributed by atoms with Crippen LogP contribution in [0.15, 0.2) is 36.4 Å². The molecule has 2 aliphatic heterocycles. The van der Waals surface area contributed by atoms with Crippen LogP contribution in [0.5, 0.6) is 0 Å². The molecule has 1 unspecified atom stereocenters. The van der Waals surface area contributed by atoms with Crippen LogP contribution in [0.3, 0.4) is 0 Å². The van der Waals surface area contributed by atoms with E-state index in [4.69, 9.17) is 11.6 Å². The van der Waals surface area contributed by atoms with Crippen molar-refractivity contribution in [2.24, 2.45) is 0 Å². The van der Waals surface area contributed by atoms with Crippen LogP contribution >= 0.6 is 11.6 Å².